The molecule has 0 saturated carbocycles. The molecule has 7 N–H and O–H groups in total. The molecule has 150 valence electrons. The predicted molar refractivity (Wildman–Crippen MR) is 95.0 cm³/mol. The van der Waals surface area contributed by atoms with E-state index >= 15 is 0 Å². The van der Waals surface area contributed by atoms with Crippen LogP contribution >= 0.6 is 0 Å². The summed E-state index contributed by atoms with van der Waals surface area (Å²) in [5.41, 5.74) is 0. The number of rotatable bonds is 16. The molecule has 8 heteroatoms. The van der Waals surface area contributed by atoms with Gasteiger partial charge in [-0.05, 0) is 25.9 Å². The van der Waals surface area contributed by atoms with Gasteiger partial charge in [-0.15, -0.1) is 0 Å². The third kappa shape index (κ3) is 11.5. The smallest absolute Gasteiger partial charge is 0.251 e. The molecule has 0 heterocycles. The van der Waals surface area contributed by atoms with Gasteiger partial charge in [-0.3, -0.25) is 4.79 Å². The van der Waals surface area contributed by atoms with E-state index in [2.05, 4.69) is 17.6 Å². The summed E-state index contributed by atoms with van der Waals surface area (Å²) in [6, 6.07) is 0. The van der Waals surface area contributed by atoms with Crippen molar-refractivity contribution in [1.82, 2.24) is 10.6 Å². The van der Waals surface area contributed by atoms with Crippen molar-refractivity contribution >= 4 is 5.91 Å². The van der Waals surface area contributed by atoms with E-state index in [1.807, 2.05) is 0 Å². The molecule has 0 fully saturated rings. The molecule has 0 spiro atoms. The van der Waals surface area contributed by atoms with Gasteiger partial charge in [0.1, 0.15) is 18.3 Å². The SMILES string of the molecule is CCCCCCCCNCCCNC(=O)[C@H](O)[C@@H](O)[C@H](O)[C@H](O)CO. The number of hydrogen-bond acceptors (Lipinski definition) is 7. The number of carbonyl (C=O) groups is 1. The van der Waals surface area contributed by atoms with E-state index in [1.165, 1.54) is 32.1 Å². The van der Waals surface area contributed by atoms with Crippen LogP contribution in [0.5, 0.6) is 0 Å². The van der Waals surface area contributed by atoms with Crippen molar-refractivity contribution in [3.05, 3.63) is 0 Å². The predicted octanol–water partition coefficient (Wildman–Crippen LogP) is -1.12. The summed E-state index contributed by atoms with van der Waals surface area (Å²) in [5, 5.41) is 52.3. The van der Waals surface area contributed by atoms with Crippen LogP contribution in [-0.2, 0) is 4.79 Å². The van der Waals surface area contributed by atoms with Crippen LogP contribution in [0.4, 0.5) is 0 Å². The highest BCUT2D eigenvalue weighted by atomic mass is 16.4. The Balaban J connectivity index is 3.66. The zero-order valence-corrected chi connectivity index (χ0v) is 15.2. The van der Waals surface area contributed by atoms with Crippen molar-refractivity contribution in [3.8, 4) is 0 Å². The Labute approximate surface area is 150 Å². The minimum atomic E-state index is -1.87. The van der Waals surface area contributed by atoms with Crippen LogP contribution in [0.1, 0.15) is 51.9 Å². The summed E-state index contributed by atoms with van der Waals surface area (Å²) in [5.74, 6) is -0.826. The lowest BCUT2D eigenvalue weighted by molar-refractivity contribution is -0.148. The number of unbranched alkanes of at least 4 members (excludes halogenated alkanes) is 5. The number of amides is 1. The number of aliphatic hydroxyl groups is 5. The summed E-state index contributed by atoms with van der Waals surface area (Å²) in [7, 11) is 0. The number of nitrogens with one attached hydrogen (secondary N) is 2. The maximum atomic E-state index is 11.7. The average molecular weight is 364 g/mol. The number of hydrogen-bond donors (Lipinski definition) is 7. The molecule has 0 rings (SSSR count). The molecular weight excluding hydrogens is 328 g/mol. The maximum absolute atomic E-state index is 11.7. The van der Waals surface area contributed by atoms with Gasteiger partial charge in [-0.25, -0.2) is 0 Å². The zero-order chi connectivity index (χ0) is 19.1. The fourth-order valence-electron chi connectivity index (χ4n) is 2.36. The van der Waals surface area contributed by atoms with Gasteiger partial charge in [0.15, 0.2) is 6.10 Å². The lowest BCUT2D eigenvalue weighted by atomic mass is 10.0. The van der Waals surface area contributed by atoms with E-state index in [4.69, 9.17) is 5.11 Å². The Morgan fingerprint density at radius 3 is 2.08 bits per heavy atom. The fraction of sp³-hybridized carbons (Fsp3) is 0.941. The summed E-state index contributed by atoms with van der Waals surface area (Å²) in [4.78, 5) is 11.7. The van der Waals surface area contributed by atoms with Crippen molar-refractivity contribution in [2.75, 3.05) is 26.2 Å². The molecule has 25 heavy (non-hydrogen) atoms. The molecule has 0 aliphatic rings. The van der Waals surface area contributed by atoms with Gasteiger partial charge >= 0.3 is 0 Å². The molecule has 0 radical (unpaired) electrons. The van der Waals surface area contributed by atoms with E-state index in [1.54, 1.807) is 0 Å². The van der Waals surface area contributed by atoms with Gasteiger partial charge in [-0.1, -0.05) is 39.0 Å². The molecule has 4 atom stereocenters. The van der Waals surface area contributed by atoms with Gasteiger partial charge in [0.05, 0.1) is 6.61 Å². The molecule has 0 aromatic rings. The topological polar surface area (TPSA) is 142 Å². The van der Waals surface area contributed by atoms with Gasteiger partial charge in [0.2, 0.25) is 0 Å². The normalized spacial score (nSPS) is 16.2. The second-order valence-corrected chi connectivity index (χ2v) is 6.34. The molecule has 0 aliphatic heterocycles. The first-order valence-electron chi connectivity index (χ1n) is 9.27. The minimum absolute atomic E-state index is 0.324. The molecule has 0 saturated heterocycles. The molecule has 0 aromatic carbocycles. The first-order chi connectivity index (χ1) is 12.0. The summed E-state index contributed by atoms with van der Waals surface area (Å²) in [6.07, 6.45) is 0.964. The lowest BCUT2D eigenvalue weighted by Gasteiger charge is -2.24. The van der Waals surface area contributed by atoms with E-state index < -0.39 is 36.9 Å². The van der Waals surface area contributed by atoms with Gasteiger partial charge in [-0.2, -0.15) is 0 Å². The van der Waals surface area contributed by atoms with Crippen molar-refractivity contribution in [3.63, 3.8) is 0 Å². The first-order valence-corrected chi connectivity index (χ1v) is 9.27. The van der Waals surface area contributed by atoms with E-state index in [0.29, 0.717) is 13.0 Å². The third-order valence-corrected chi connectivity index (χ3v) is 4.06. The molecule has 0 bridgehead atoms. The average Bonchev–Trinajstić information content (AvgIpc) is 2.63. The highest BCUT2D eigenvalue weighted by Crippen LogP contribution is 2.05. The van der Waals surface area contributed by atoms with E-state index in [9.17, 15) is 25.2 Å². The standard InChI is InChI=1S/C17H36N2O6/c1-2-3-4-5-6-7-9-18-10-8-11-19-17(25)16(24)15(23)14(22)13(21)12-20/h13-16,18,20-24H,2-12H2,1H3,(H,19,25)/t13-,14-,15+,16-/m1/s1. The largest absolute Gasteiger partial charge is 0.394 e. The van der Waals surface area contributed by atoms with Gasteiger partial charge < -0.3 is 36.2 Å². The first kappa shape index (κ1) is 24.2. The Kier molecular flexibility index (Phi) is 15.0. The highest BCUT2D eigenvalue weighted by molar-refractivity contribution is 5.81. The number of carbonyl (C=O) groups excluding carboxylic acids is 1. The highest BCUT2D eigenvalue weighted by Gasteiger charge is 2.33. The summed E-state index contributed by atoms with van der Waals surface area (Å²) >= 11 is 0. The third-order valence-electron chi connectivity index (χ3n) is 4.06. The molecule has 0 unspecified atom stereocenters. The van der Waals surface area contributed by atoms with Gasteiger partial charge in [0.25, 0.3) is 5.91 Å². The Morgan fingerprint density at radius 1 is 0.840 bits per heavy atom. The molecule has 8 nitrogen and oxygen atoms in total. The molecule has 1 amide bonds. The van der Waals surface area contributed by atoms with Crippen LogP contribution in [0.2, 0.25) is 0 Å². The van der Waals surface area contributed by atoms with E-state index in [-0.39, 0.29) is 0 Å². The van der Waals surface area contributed by atoms with Crippen LogP contribution in [0.25, 0.3) is 0 Å². The van der Waals surface area contributed by atoms with E-state index in [0.717, 1.165) is 19.5 Å². The Hall–Kier alpha value is -0.770. The lowest BCUT2D eigenvalue weighted by Crippen LogP contribution is -2.51. The van der Waals surface area contributed by atoms with Crippen molar-refractivity contribution in [1.29, 1.82) is 0 Å². The molecule has 0 aromatic heterocycles. The monoisotopic (exact) mass is 364 g/mol. The zero-order valence-electron chi connectivity index (χ0n) is 15.2. The summed E-state index contributed by atoms with van der Waals surface area (Å²) in [6.45, 7) is 3.41. The quantitative estimate of drug-likeness (QED) is 0.172. The van der Waals surface area contributed by atoms with Crippen molar-refractivity contribution < 1.29 is 30.3 Å². The van der Waals surface area contributed by atoms with Crippen LogP contribution in [0.15, 0.2) is 0 Å². The Morgan fingerprint density at radius 2 is 1.44 bits per heavy atom. The maximum Gasteiger partial charge on any atom is 0.251 e. The van der Waals surface area contributed by atoms with Crippen molar-refractivity contribution in [2.45, 2.75) is 76.3 Å². The van der Waals surface area contributed by atoms with Crippen LogP contribution in [-0.4, -0.2) is 82.1 Å². The Bertz CT molecular complexity index is 332. The van der Waals surface area contributed by atoms with Crippen LogP contribution in [0.3, 0.4) is 0 Å². The second-order valence-electron chi connectivity index (χ2n) is 6.34. The van der Waals surface area contributed by atoms with Crippen molar-refractivity contribution in [2.24, 2.45) is 0 Å². The fourth-order valence-corrected chi connectivity index (χ4v) is 2.36. The molecule has 0 aliphatic carbocycles. The van der Waals surface area contributed by atoms with Crippen LogP contribution in [0, 0.1) is 0 Å². The number of aliphatic hydroxyl groups excluding tert-OH is 5. The molecular formula is C17H36N2O6. The summed E-state index contributed by atoms with van der Waals surface area (Å²) < 4.78 is 0. The van der Waals surface area contributed by atoms with Crippen LogP contribution < -0.4 is 10.6 Å². The van der Waals surface area contributed by atoms with Gasteiger partial charge in [0, 0.05) is 6.54 Å². The second kappa shape index (κ2) is 15.5. The minimum Gasteiger partial charge on any atom is -0.394 e.